The van der Waals surface area contributed by atoms with Crippen molar-refractivity contribution >= 4 is 29.3 Å². The lowest BCUT2D eigenvalue weighted by atomic mass is 10.1. The van der Waals surface area contributed by atoms with Crippen LogP contribution in [0.25, 0.3) is 0 Å². The molecule has 1 aromatic carbocycles. The first-order valence-corrected chi connectivity index (χ1v) is 7.45. The van der Waals surface area contributed by atoms with Crippen LogP contribution < -0.4 is 5.32 Å². The van der Waals surface area contributed by atoms with Crippen LogP contribution in [0.5, 0.6) is 0 Å². The Hall–Kier alpha value is -1.49. The molecule has 0 radical (unpaired) electrons. The highest BCUT2D eigenvalue weighted by Crippen LogP contribution is 2.13. The molecule has 0 spiro atoms. The minimum Gasteiger partial charge on any atom is -0.481 e. The summed E-state index contributed by atoms with van der Waals surface area (Å²) >= 11 is 1.61. The van der Waals surface area contributed by atoms with Crippen molar-refractivity contribution in [1.82, 2.24) is 0 Å². The van der Waals surface area contributed by atoms with Crippen LogP contribution in [0.3, 0.4) is 0 Å². The van der Waals surface area contributed by atoms with Crippen LogP contribution in [0.4, 0.5) is 5.69 Å². The van der Waals surface area contributed by atoms with E-state index in [0.29, 0.717) is 12.2 Å². The topological polar surface area (TPSA) is 66.4 Å². The summed E-state index contributed by atoms with van der Waals surface area (Å²) < 4.78 is 0. The molecule has 104 valence electrons. The molecule has 1 amide bonds. The molecule has 5 heteroatoms. The number of hydrogen-bond donors (Lipinski definition) is 2. The summed E-state index contributed by atoms with van der Waals surface area (Å²) in [7, 11) is 0. The third kappa shape index (κ3) is 6.86. The predicted molar refractivity (Wildman–Crippen MR) is 78.6 cm³/mol. The predicted octanol–water partition coefficient (Wildman–Crippen LogP) is 2.79. The summed E-state index contributed by atoms with van der Waals surface area (Å²) in [5.41, 5.74) is 1.64. The monoisotopic (exact) mass is 281 g/mol. The average Bonchev–Trinajstić information content (AvgIpc) is 2.37. The Morgan fingerprint density at radius 1 is 1.37 bits per heavy atom. The standard InChI is InChI=1S/C14H19NO3S/c1-2-8-19-10-13(16)15-12-5-3-4-11(9-12)6-7-14(17)18/h3-5,9H,2,6-8,10H2,1H3,(H,15,16)(H,17,18). The van der Waals surface area contributed by atoms with Gasteiger partial charge in [-0.2, -0.15) is 11.8 Å². The van der Waals surface area contributed by atoms with Crippen LogP contribution >= 0.6 is 11.8 Å². The Balaban J connectivity index is 2.47. The van der Waals surface area contributed by atoms with Gasteiger partial charge in [0.15, 0.2) is 0 Å². The van der Waals surface area contributed by atoms with Gasteiger partial charge in [0, 0.05) is 12.1 Å². The van der Waals surface area contributed by atoms with Crippen molar-refractivity contribution in [3.8, 4) is 0 Å². The highest BCUT2D eigenvalue weighted by molar-refractivity contribution is 7.99. The van der Waals surface area contributed by atoms with E-state index in [1.165, 1.54) is 0 Å². The number of amides is 1. The molecule has 0 aromatic heterocycles. The number of carboxylic acids is 1. The average molecular weight is 281 g/mol. The molecule has 0 saturated carbocycles. The quantitative estimate of drug-likeness (QED) is 0.719. The summed E-state index contributed by atoms with van der Waals surface area (Å²) in [5.74, 6) is 0.596. The van der Waals surface area contributed by atoms with Crippen LogP contribution in [0, 0.1) is 0 Å². The molecule has 1 rings (SSSR count). The first-order chi connectivity index (χ1) is 9.11. The van der Waals surface area contributed by atoms with E-state index in [1.54, 1.807) is 11.8 Å². The summed E-state index contributed by atoms with van der Waals surface area (Å²) in [4.78, 5) is 22.1. The highest BCUT2D eigenvalue weighted by atomic mass is 32.2. The smallest absolute Gasteiger partial charge is 0.303 e. The Morgan fingerprint density at radius 3 is 2.84 bits per heavy atom. The third-order valence-corrected chi connectivity index (χ3v) is 3.58. The highest BCUT2D eigenvalue weighted by Gasteiger charge is 2.04. The third-order valence-electron chi connectivity index (χ3n) is 2.42. The van der Waals surface area contributed by atoms with Crippen molar-refractivity contribution < 1.29 is 14.7 Å². The minimum atomic E-state index is -0.814. The Kier molecular flexibility index (Phi) is 7.03. The Bertz CT molecular complexity index is 434. The fraction of sp³-hybridized carbons (Fsp3) is 0.429. The van der Waals surface area contributed by atoms with E-state index in [-0.39, 0.29) is 12.3 Å². The maximum Gasteiger partial charge on any atom is 0.303 e. The molecular weight excluding hydrogens is 262 g/mol. The van der Waals surface area contributed by atoms with Gasteiger partial charge in [-0.05, 0) is 36.3 Å². The van der Waals surface area contributed by atoms with Crippen molar-refractivity contribution in [3.05, 3.63) is 29.8 Å². The molecule has 2 N–H and O–H groups in total. The zero-order valence-corrected chi connectivity index (χ0v) is 11.8. The second kappa shape index (κ2) is 8.58. The van der Waals surface area contributed by atoms with Gasteiger partial charge in [-0.15, -0.1) is 0 Å². The number of thioether (sulfide) groups is 1. The molecule has 0 aliphatic heterocycles. The molecular formula is C14H19NO3S. The SMILES string of the molecule is CCCSCC(=O)Nc1cccc(CCC(=O)O)c1. The molecule has 0 unspecified atom stereocenters. The number of carbonyl (C=O) groups is 2. The molecule has 0 atom stereocenters. The number of aliphatic carboxylic acids is 1. The van der Waals surface area contributed by atoms with E-state index in [4.69, 9.17) is 5.11 Å². The van der Waals surface area contributed by atoms with Gasteiger partial charge in [-0.1, -0.05) is 19.1 Å². The zero-order valence-electron chi connectivity index (χ0n) is 11.0. The number of aryl methyl sites for hydroxylation is 1. The molecule has 0 fully saturated rings. The van der Waals surface area contributed by atoms with Gasteiger partial charge in [-0.3, -0.25) is 9.59 Å². The second-order valence-electron chi connectivity index (χ2n) is 4.19. The van der Waals surface area contributed by atoms with Crippen molar-refractivity contribution in [3.63, 3.8) is 0 Å². The zero-order chi connectivity index (χ0) is 14.1. The van der Waals surface area contributed by atoms with E-state index in [2.05, 4.69) is 12.2 Å². The Morgan fingerprint density at radius 2 is 2.16 bits per heavy atom. The number of benzene rings is 1. The lowest BCUT2D eigenvalue weighted by Gasteiger charge is -2.07. The fourth-order valence-electron chi connectivity index (χ4n) is 1.56. The second-order valence-corrected chi connectivity index (χ2v) is 5.30. The largest absolute Gasteiger partial charge is 0.481 e. The summed E-state index contributed by atoms with van der Waals surface area (Å²) in [5, 5.41) is 11.5. The van der Waals surface area contributed by atoms with Crippen molar-refractivity contribution in [1.29, 1.82) is 0 Å². The number of carbonyl (C=O) groups excluding carboxylic acids is 1. The lowest BCUT2D eigenvalue weighted by Crippen LogP contribution is -2.14. The van der Waals surface area contributed by atoms with Gasteiger partial charge in [0.25, 0.3) is 0 Å². The van der Waals surface area contributed by atoms with E-state index < -0.39 is 5.97 Å². The molecule has 0 bridgehead atoms. The minimum absolute atomic E-state index is 0.0196. The normalized spacial score (nSPS) is 10.2. The maximum absolute atomic E-state index is 11.6. The van der Waals surface area contributed by atoms with Gasteiger partial charge in [-0.25, -0.2) is 0 Å². The van der Waals surface area contributed by atoms with Gasteiger partial charge in [0.05, 0.1) is 5.75 Å². The maximum atomic E-state index is 11.6. The van der Waals surface area contributed by atoms with Crippen LogP contribution in [0.2, 0.25) is 0 Å². The van der Waals surface area contributed by atoms with Crippen molar-refractivity contribution in [2.24, 2.45) is 0 Å². The number of carboxylic acid groups (broad SMARTS) is 1. The first-order valence-electron chi connectivity index (χ1n) is 6.30. The van der Waals surface area contributed by atoms with Crippen LogP contribution in [0.1, 0.15) is 25.3 Å². The van der Waals surface area contributed by atoms with E-state index in [0.717, 1.165) is 23.4 Å². The number of rotatable bonds is 8. The Labute approximate surface area is 117 Å². The summed E-state index contributed by atoms with van der Waals surface area (Å²) in [6.07, 6.45) is 1.63. The van der Waals surface area contributed by atoms with Crippen LogP contribution in [-0.4, -0.2) is 28.5 Å². The van der Waals surface area contributed by atoms with Crippen molar-refractivity contribution in [2.75, 3.05) is 16.8 Å². The number of anilines is 1. The van der Waals surface area contributed by atoms with Gasteiger partial charge < -0.3 is 10.4 Å². The summed E-state index contributed by atoms with van der Waals surface area (Å²) in [6.45, 7) is 2.08. The van der Waals surface area contributed by atoms with Crippen LogP contribution in [-0.2, 0) is 16.0 Å². The number of nitrogens with one attached hydrogen (secondary N) is 1. The molecule has 0 aliphatic carbocycles. The van der Waals surface area contributed by atoms with E-state index in [1.807, 2.05) is 24.3 Å². The lowest BCUT2D eigenvalue weighted by molar-refractivity contribution is -0.137. The molecule has 0 heterocycles. The van der Waals surface area contributed by atoms with Gasteiger partial charge in [0.1, 0.15) is 0 Å². The fourth-order valence-corrected chi connectivity index (χ4v) is 2.25. The summed E-state index contributed by atoms with van der Waals surface area (Å²) in [6, 6.07) is 7.33. The molecule has 0 saturated heterocycles. The molecule has 0 aliphatic rings. The van der Waals surface area contributed by atoms with E-state index in [9.17, 15) is 9.59 Å². The van der Waals surface area contributed by atoms with Gasteiger partial charge >= 0.3 is 5.97 Å². The van der Waals surface area contributed by atoms with Gasteiger partial charge in [0.2, 0.25) is 5.91 Å². The molecule has 19 heavy (non-hydrogen) atoms. The number of hydrogen-bond acceptors (Lipinski definition) is 3. The van der Waals surface area contributed by atoms with E-state index >= 15 is 0 Å². The first kappa shape index (κ1) is 15.6. The van der Waals surface area contributed by atoms with Crippen molar-refractivity contribution in [2.45, 2.75) is 26.2 Å². The molecule has 4 nitrogen and oxygen atoms in total. The molecule has 1 aromatic rings. The van der Waals surface area contributed by atoms with Crippen LogP contribution in [0.15, 0.2) is 24.3 Å².